The summed E-state index contributed by atoms with van der Waals surface area (Å²) in [6, 6.07) is 13.8. The zero-order valence-corrected chi connectivity index (χ0v) is 15.4. The number of anilines is 1. The van der Waals surface area contributed by atoms with Gasteiger partial charge in [-0.15, -0.1) is 0 Å². The van der Waals surface area contributed by atoms with Crippen LogP contribution in [0.25, 0.3) is 0 Å². The number of morpholine rings is 1. The highest BCUT2D eigenvalue weighted by Gasteiger charge is 2.16. The van der Waals surface area contributed by atoms with E-state index in [1.54, 1.807) is 18.4 Å². The number of benzene rings is 2. The summed E-state index contributed by atoms with van der Waals surface area (Å²) in [7, 11) is 0. The first-order chi connectivity index (χ1) is 11.6. The number of hydrogen-bond donors (Lipinski definition) is 1. The lowest BCUT2D eigenvalue weighted by atomic mass is 10.2. The Bertz CT molecular complexity index is 737. The summed E-state index contributed by atoms with van der Waals surface area (Å²) in [4.78, 5) is 2.31. The standard InChI is InChI=1S/C18H18BrClN2O2/c19-15-8-18(17(21)9-16(15)20)24-12-14-11-22(6-7-23-14)10-13-4-2-1-3-5-13/h1-5,8-9,12H,6-7,10-11,21H2. The van der Waals surface area contributed by atoms with Crippen molar-refractivity contribution in [3.63, 3.8) is 0 Å². The van der Waals surface area contributed by atoms with Crippen molar-refractivity contribution in [3.05, 3.63) is 69.5 Å². The molecule has 0 aliphatic carbocycles. The second-order valence-corrected chi connectivity index (χ2v) is 6.81. The number of ether oxygens (including phenoxy) is 2. The van der Waals surface area contributed by atoms with Crippen LogP contribution in [0.4, 0.5) is 5.69 Å². The van der Waals surface area contributed by atoms with Gasteiger partial charge in [-0.05, 0) is 33.6 Å². The Morgan fingerprint density at radius 3 is 2.88 bits per heavy atom. The van der Waals surface area contributed by atoms with E-state index < -0.39 is 0 Å². The van der Waals surface area contributed by atoms with Gasteiger partial charge in [0.25, 0.3) is 0 Å². The van der Waals surface area contributed by atoms with E-state index in [1.165, 1.54) is 5.56 Å². The topological polar surface area (TPSA) is 47.7 Å². The molecule has 6 heteroatoms. The van der Waals surface area contributed by atoms with Crippen LogP contribution in [-0.2, 0) is 11.3 Å². The molecule has 0 spiro atoms. The van der Waals surface area contributed by atoms with Crippen LogP contribution in [0.5, 0.6) is 5.75 Å². The van der Waals surface area contributed by atoms with Crippen LogP contribution in [0.3, 0.4) is 0 Å². The number of nitrogens with zero attached hydrogens (tertiary/aromatic N) is 1. The van der Waals surface area contributed by atoms with Gasteiger partial charge in [0.2, 0.25) is 0 Å². The summed E-state index contributed by atoms with van der Waals surface area (Å²) in [6.45, 7) is 3.11. The van der Waals surface area contributed by atoms with E-state index in [4.69, 9.17) is 26.8 Å². The van der Waals surface area contributed by atoms with Crippen molar-refractivity contribution >= 4 is 33.2 Å². The van der Waals surface area contributed by atoms with E-state index >= 15 is 0 Å². The normalized spacial score (nSPS) is 16.8. The van der Waals surface area contributed by atoms with Gasteiger partial charge in [-0.2, -0.15) is 0 Å². The van der Waals surface area contributed by atoms with Crippen LogP contribution in [-0.4, -0.2) is 24.6 Å². The molecule has 1 aliphatic rings. The summed E-state index contributed by atoms with van der Waals surface area (Å²) in [6.07, 6.45) is 1.61. The third-order valence-electron chi connectivity index (χ3n) is 3.69. The molecule has 0 aromatic heterocycles. The Morgan fingerprint density at radius 1 is 1.29 bits per heavy atom. The molecule has 2 aromatic rings. The third-order valence-corrected chi connectivity index (χ3v) is 4.89. The Labute approximate surface area is 154 Å². The van der Waals surface area contributed by atoms with Gasteiger partial charge < -0.3 is 15.2 Å². The van der Waals surface area contributed by atoms with Gasteiger partial charge in [-0.1, -0.05) is 41.9 Å². The highest BCUT2D eigenvalue weighted by Crippen LogP contribution is 2.33. The second kappa shape index (κ2) is 7.92. The number of rotatable bonds is 4. The first kappa shape index (κ1) is 17.1. The molecule has 4 nitrogen and oxygen atoms in total. The quantitative estimate of drug-likeness (QED) is 0.599. The maximum Gasteiger partial charge on any atom is 0.150 e. The molecule has 24 heavy (non-hydrogen) atoms. The predicted molar refractivity (Wildman–Crippen MR) is 99.9 cm³/mol. The van der Waals surface area contributed by atoms with E-state index in [1.807, 2.05) is 6.07 Å². The van der Waals surface area contributed by atoms with Crippen molar-refractivity contribution < 1.29 is 9.47 Å². The average Bonchev–Trinajstić information content (AvgIpc) is 2.58. The smallest absolute Gasteiger partial charge is 0.150 e. The molecule has 0 unspecified atom stereocenters. The molecule has 0 bridgehead atoms. The van der Waals surface area contributed by atoms with Gasteiger partial charge in [0.15, 0.2) is 5.75 Å². The van der Waals surface area contributed by atoms with Crippen molar-refractivity contribution in [2.45, 2.75) is 6.54 Å². The zero-order valence-electron chi connectivity index (χ0n) is 13.0. The lowest BCUT2D eigenvalue weighted by Crippen LogP contribution is -2.34. The van der Waals surface area contributed by atoms with E-state index in [2.05, 4.69) is 45.1 Å². The fourth-order valence-electron chi connectivity index (χ4n) is 2.47. The first-order valence-corrected chi connectivity index (χ1v) is 8.78. The molecular formula is C18H18BrClN2O2. The zero-order chi connectivity index (χ0) is 16.9. The van der Waals surface area contributed by atoms with E-state index in [0.717, 1.165) is 23.3 Å². The summed E-state index contributed by atoms with van der Waals surface area (Å²) < 4.78 is 12.1. The molecule has 0 amide bonds. The van der Waals surface area contributed by atoms with Gasteiger partial charge in [0, 0.05) is 17.6 Å². The monoisotopic (exact) mass is 408 g/mol. The van der Waals surface area contributed by atoms with Crippen molar-refractivity contribution in [1.82, 2.24) is 4.90 Å². The van der Waals surface area contributed by atoms with Gasteiger partial charge in [-0.3, -0.25) is 4.90 Å². The lowest BCUT2D eigenvalue weighted by Gasteiger charge is -2.28. The predicted octanol–water partition coefficient (Wildman–Crippen LogP) is 4.44. The van der Waals surface area contributed by atoms with Gasteiger partial charge in [0.1, 0.15) is 18.6 Å². The molecule has 1 aliphatic heterocycles. The molecule has 0 radical (unpaired) electrons. The van der Waals surface area contributed by atoms with Crippen molar-refractivity contribution in [3.8, 4) is 5.75 Å². The summed E-state index contributed by atoms with van der Waals surface area (Å²) in [5.41, 5.74) is 7.69. The fourth-order valence-corrected chi connectivity index (χ4v) is 2.97. The summed E-state index contributed by atoms with van der Waals surface area (Å²) in [5.74, 6) is 1.32. The van der Waals surface area contributed by atoms with Crippen LogP contribution in [0.15, 0.2) is 59.0 Å². The maximum atomic E-state index is 6.00. The second-order valence-electron chi connectivity index (χ2n) is 5.55. The van der Waals surface area contributed by atoms with E-state index in [0.29, 0.717) is 29.6 Å². The minimum absolute atomic E-state index is 0.483. The highest BCUT2D eigenvalue weighted by atomic mass is 79.9. The van der Waals surface area contributed by atoms with Crippen LogP contribution in [0.2, 0.25) is 5.02 Å². The van der Waals surface area contributed by atoms with E-state index in [-0.39, 0.29) is 0 Å². The summed E-state index contributed by atoms with van der Waals surface area (Å²) in [5, 5.41) is 0.551. The van der Waals surface area contributed by atoms with Gasteiger partial charge >= 0.3 is 0 Å². The van der Waals surface area contributed by atoms with Crippen LogP contribution in [0.1, 0.15) is 5.56 Å². The largest absolute Gasteiger partial charge is 0.492 e. The molecule has 1 fully saturated rings. The number of hydrogen-bond acceptors (Lipinski definition) is 4. The number of nitrogens with two attached hydrogens (primary N) is 1. The molecule has 3 rings (SSSR count). The van der Waals surface area contributed by atoms with Crippen LogP contribution in [0, 0.1) is 0 Å². The summed E-state index contributed by atoms with van der Waals surface area (Å²) >= 11 is 9.37. The van der Waals surface area contributed by atoms with Crippen LogP contribution < -0.4 is 10.5 Å². The van der Waals surface area contributed by atoms with Crippen molar-refractivity contribution in [2.24, 2.45) is 0 Å². The Morgan fingerprint density at radius 2 is 2.08 bits per heavy atom. The molecule has 1 heterocycles. The molecular weight excluding hydrogens is 392 g/mol. The van der Waals surface area contributed by atoms with Gasteiger partial charge in [0.05, 0.1) is 17.3 Å². The molecule has 126 valence electrons. The van der Waals surface area contributed by atoms with Crippen molar-refractivity contribution in [1.29, 1.82) is 0 Å². The minimum atomic E-state index is 0.483. The fraction of sp³-hybridized carbons (Fsp3) is 0.222. The molecule has 2 N–H and O–H groups in total. The Balaban J connectivity index is 1.64. The molecule has 2 aromatic carbocycles. The van der Waals surface area contributed by atoms with Crippen LogP contribution >= 0.6 is 27.5 Å². The van der Waals surface area contributed by atoms with Crippen molar-refractivity contribution in [2.75, 3.05) is 25.4 Å². The lowest BCUT2D eigenvalue weighted by molar-refractivity contribution is 0.0843. The Kier molecular flexibility index (Phi) is 5.66. The average molecular weight is 410 g/mol. The Hall–Kier alpha value is -1.69. The SMILES string of the molecule is Nc1cc(Cl)c(Br)cc1OC=C1CN(Cc2ccccc2)CCO1. The maximum absolute atomic E-state index is 6.00. The number of nitrogen functional groups attached to an aromatic ring is 1. The minimum Gasteiger partial charge on any atom is -0.492 e. The highest BCUT2D eigenvalue weighted by molar-refractivity contribution is 9.10. The first-order valence-electron chi connectivity index (χ1n) is 7.61. The number of halogens is 2. The molecule has 1 saturated heterocycles. The van der Waals surface area contributed by atoms with Gasteiger partial charge in [-0.25, -0.2) is 0 Å². The molecule has 0 saturated carbocycles. The molecule has 0 atom stereocenters. The van der Waals surface area contributed by atoms with E-state index in [9.17, 15) is 0 Å². The third kappa shape index (κ3) is 4.44.